The van der Waals surface area contributed by atoms with E-state index < -0.39 is 23.7 Å². The molecule has 0 fully saturated rings. The SMILES string of the molecule is CC(C)C[C@H](N)C(=O)Nc1cc(Br)cc(C(F)(F)F)c1. The highest BCUT2D eigenvalue weighted by Crippen LogP contribution is 2.33. The molecular weight excluding hydrogens is 337 g/mol. The molecule has 0 aromatic heterocycles. The quantitative estimate of drug-likeness (QED) is 0.866. The predicted octanol–water partition coefficient (Wildman–Crippen LogP) is 3.78. The number of nitrogens with two attached hydrogens (primary N) is 1. The summed E-state index contributed by atoms with van der Waals surface area (Å²) in [6.45, 7) is 3.82. The van der Waals surface area contributed by atoms with Gasteiger partial charge in [0.25, 0.3) is 0 Å². The summed E-state index contributed by atoms with van der Waals surface area (Å²) in [6.07, 6.45) is -4.00. The van der Waals surface area contributed by atoms with Gasteiger partial charge in [-0.25, -0.2) is 0 Å². The Kier molecular flexibility index (Phi) is 5.59. The number of hydrogen-bond donors (Lipinski definition) is 2. The van der Waals surface area contributed by atoms with Gasteiger partial charge < -0.3 is 11.1 Å². The summed E-state index contributed by atoms with van der Waals surface area (Å²) in [5.74, 6) is -0.270. The molecule has 0 bridgehead atoms. The van der Waals surface area contributed by atoms with Crippen molar-refractivity contribution in [2.24, 2.45) is 11.7 Å². The number of hydrogen-bond acceptors (Lipinski definition) is 2. The molecule has 0 spiro atoms. The minimum Gasteiger partial charge on any atom is -0.325 e. The minimum atomic E-state index is -4.47. The zero-order chi connectivity index (χ0) is 15.5. The van der Waals surface area contributed by atoms with Crippen LogP contribution in [0, 0.1) is 5.92 Å². The number of rotatable bonds is 4. The monoisotopic (exact) mass is 352 g/mol. The molecule has 1 aromatic rings. The second-order valence-electron chi connectivity index (χ2n) is 4.95. The number of benzene rings is 1. The van der Waals surface area contributed by atoms with Crippen molar-refractivity contribution in [2.75, 3.05) is 5.32 Å². The highest BCUT2D eigenvalue weighted by Gasteiger charge is 2.31. The van der Waals surface area contributed by atoms with Crippen LogP contribution in [-0.4, -0.2) is 11.9 Å². The van der Waals surface area contributed by atoms with Gasteiger partial charge in [0.05, 0.1) is 11.6 Å². The van der Waals surface area contributed by atoms with Gasteiger partial charge in [-0.2, -0.15) is 13.2 Å². The number of halogens is 4. The van der Waals surface area contributed by atoms with Crippen molar-refractivity contribution in [1.29, 1.82) is 0 Å². The van der Waals surface area contributed by atoms with Crippen LogP contribution >= 0.6 is 15.9 Å². The fraction of sp³-hybridized carbons (Fsp3) is 0.462. The molecule has 3 nitrogen and oxygen atoms in total. The van der Waals surface area contributed by atoms with E-state index in [4.69, 9.17) is 5.73 Å². The molecule has 1 amide bonds. The molecule has 0 heterocycles. The molecule has 0 saturated heterocycles. The highest BCUT2D eigenvalue weighted by molar-refractivity contribution is 9.10. The number of nitrogens with one attached hydrogen (secondary N) is 1. The lowest BCUT2D eigenvalue weighted by Gasteiger charge is -2.15. The molecule has 1 atom stereocenters. The Morgan fingerprint density at radius 3 is 2.45 bits per heavy atom. The van der Waals surface area contributed by atoms with Crippen LogP contribution in [0.1, 0.15) is 25.8 Å². The molecule has 7 heteroatoms. The predicted molar refractivity (Wildman–Crippen MR) is 75.2 cm³/mol. The zero-order valence-electron chi connectivity index (χ0n) is 11.1. The highest BCUT2D eigenvalue weighted by atomic mass is 79.9. The number of amides is 1. The summed E-state index contributed by atoms with van der Waals surface area (Å²) in [5, 5.41) is 2.41. The van der Waals surface area contributed by atoms with Crippen molar-refractivity contribution >= 4 is 27.5 Å². The fourth-order valence-electron chi connectivity index (χ4n) is 1.68. The Morgan fingerprint density at radius 1 is 1.35 bits per heavy atom. The van der Waals surface area contributed by atoms with Crippen molar-refractivity contribution in [3.63, 3.8) is 0 Å². The lowest BCUT2D eigenvalue weighted by Crippen LogP contribution is -2.36. The van der Waals surface area contributed by atoms with Crippen LogP contribution in [0.3, 0.4) is 0 Å². The molecule has 0 aliphatic heterocycles. The van der Waals surface area contributed by atoms with Crippen molar-refractivity contribution in [3.8, 4) is 0 Å². The van der Waals surface area contributed by atoms with E-state index in [9.17, 15) is 18.0 Å². The molecule has 1 rings (SSSR count). The van der Waals surface area contributed by atoms with Gasteiger partial charge in [-0.15, -0.1) is 0 Å². The van der Waals surface area contributed by atoms with Crippen LogP contribution in [0.2, 0.25) is 0 Å². The first-order valence-electron chi connectivity index (χ1n) is 6.04. The third kappa shape index (κ3) is 5.13. The van der Waals surface area contributed by atoms with Crippen molar-refractivity contribution in [3.05, 3.63) is 28.2 Å². The molecule has 0 aliphatic carbocycles. The number of anilines is 1. The molecule has 0 unspecified atom stereocenters. The zero-order valence-corrected chi connectivity index (χ0v) is 12.7. The second-order valence-corrected chi connectivity index (χ2v) is 5.87. The second kappa shape index (κ2) is 6.58. The number of carbonyl (C=O) groups is 1. The van der Waals surface area contributed by atoms with Crippen LogP contribution in [-0.2, 0) is 11.0 Å². The fourth-order valence-corrected chi connectivity index (χ4v) is 2.17. The van der Waals surface area contributed by atoms with Crippen molar-refractivity contribution < 1.29 is 18.0 Å². The van der Waals surface area contributed by atoms with E-state index in [1.54, 1.807) is 0 Å². The summed E-state index contributed by atoms with van der Waals surface area (Å²) < 4.78 is 38.2. The lowest BCUT2D eigenvalue weighted by atomic mass is 10.0. The molecule has 0 aliphatic rings. The smallest absolute Gasteiger partial charge is 0.325 e. The van der Waals surface area contributed by atoms with Gasteiger partial charge in [-0.1, -0.05) is 29.8 Å². The van der Waals surface area contributed by atoms with Gasteiger partial charge in [-0.05, 0) is 30.5 Å². The maximum atomic E-state index is 12.7. The first-order valence-corrected chi connectivity index (χ1v) is 6.83. The average molecular weight is 353 g/mol. The van der Waals surface area contributed by atoms with Gasteiger partial charge in [0.15, 0.2) is 0 Å². The summed E-state index contributed by atoms with van der Waals surface area (Å²) >= 11 is 2.99. The summed E-state index contributed by atoms with van der Waals surface area (Å²) in [6, 6.07) is 2.48. The van der Waals surface area contributed by atoms with Crippen LogP contribution < -0.4 is 11.1 Å². The average Bonchev–Trinajstić information content (AvgIpc) is 2.25. The van der Waals surface area contributed by atoms with Gasteiger partial charge >= 0.3 is 6.18 Å². The maximum Gasteiger partial charge on any atom is 0.416 e. The molecule has 0 radical (unpaired) electrons. The first kappa shape index (κ1) is 17.0. The van der Waals surface area contributed by atoms with Gasteiger partial charge in [0.1, 0.15) is 0 Å². The summed E-state index contributed by atoms with van der Waals surface area (Å²) in [7, 11) is 0. The minimum absolute atomic E-state index is 0.0657. The normalized spacial score (nSPS) is 13.4. The molecular formula is C13H16BrF3N2O. The largest absolute Gasteiger partial charge is 0.416 e. The van der Waals surface area contributed by atoms with Crippen molar-refractivity contribution in [2.45, 2.75) is 32.5 Å². The van der Waals surface area contributed by atoms with Crippen LogP contribution in [0.4, 0.5) is 18.9 Å². The lowest BCUT2D eigenvalue weighted by molar-refractivity contribution is -0.137. The summed E-state index contributed by atoms with van der Waals surface area (Å²) in [4.78, 5) is 11.8. The Labute approximate surface area is 123 Å². The Hall–Kier alpha value is -1.08. The van der Waals surface area contributed by atoms with E-state index in [0.717, 1.165) is 12.1 Å². The van der Waals surface area contributed by atoms with E-state index in [1.165, 1.54) is 6.07 Å². The molecule has 3 N–H and O–H groups in total. The molecule has 1 aromatic carbocycles. The third-order valence-corrected chi connectivity index (χ3v) is 3.01. The van der Waals surface area contributed by atoms with Crippen LogP contribution in [0.5, 0.6) is 0 Å². The van der Waals surface area contributed by atoms with Gasteiger partial charge in [-0.3, -0.25) is 4.79 Å². The van der Waals surface area contributed by atoms with E-state index in [1.807, 2.05) is 13.8 Å². The first-order chi connectivity index (χ1) is 9.09. The van der Waals surface area contributed by atoms with Crippen LogP contribution in [0.25, 0.3) is 0 Å². The van der Waals surface area contributed by atoms with Crippen LogP contribution in [0.15, 0.2) is 22.7 Å². The van der Waals surface area contributed by atoms with Gasteiger partial charge in [0, 0.05) is 10.2 Å². The number of alkyl halides is 3. The van der Waals surface area contributed by atoms with Gasteiger partial charge in [0.2, 0.25) is 5.91 Å². The Balaban J connectivity index is 2.88. The van der Waals surface area contributed by atoms with E-state index in [-0.39, 0.29) is 16.1 Å². The summed E-state index contributed by atoms with van der Waals surface area (Å²) in [5.41, 5.74) is 4.91. The van der Waals surface area contributed by atoms with E-state index >= 15 is 0 Å². The molecule has 0 saturated carbocycles. The Bertz CT molecular complexity index is 489. The number of carbonyl (C=O) groups excluding carboxylic acids is 1. The van der Waals surface area contributed by atoms with E-state index in [2.05, 4.69) is 21.2 Å². The maximum absolute atomic E-state index is 12.7. The molecule has 20 heavy (non-hydrogen) atoms. The van der Waals surface area contributed by atoms with E-state index in [0.29, 0.717) is 6.42 Å². The van der Waals surface area contributed by atoms with Crippen molar-refractivity contribution in [1.82, 2.24) is 0 Å². The Morgan fingerprint density at radius 2 is 1.95 bits per heavy atom. The third-order valence-electron chi connectivity index (χ3n) is 2.55. The topological polar surface area (TPSA) is 55.1 Å². The molecule has 112 valence electrons. The standard InChI is InChI=1S/C13H16BrF3N2O/c1-7(2)3-11(18)12(20)19-10-5-8(13(15,16)17)4-9(14)6-10/h4-7,11H,3,18H2,1-2H3,(H,19,20)/t11-/m0/s1.